The van der Waals surface area contributed by atoms with E-state index in [9.17, 15) is 0 Å². The first-order valence-electron chi connectivity index (χ1n) is 6.76. The van der Waals surface area contributed by atoms with Crippen LogP contribution in [-0.4, -0.2) is 15.1 Å². The van der Waals surface area contributed by atoms with Crippen LogP contribution in [-0.2, 0) is 6.54 Å². The Kier molecular flexibility index (Phi) is 3.29. The van der Waals surface area contributed by atoms with Crippen molar-refractivity contribution in [3.63, 3.8) is 0 Å². The highest BCUT2D eigenvalue weighted by Gasteiger charge is 2.17. The van der Waals surface area contributed by atoms with E-state index in [-0.39, 0.29) is 0 Å². The van der Waals surface area contributed by atoms with E-state index in [1.54, 1.807) is 12.4 Å². The summed E-state index contributed by atoms with van der Waals surface area (Å²) in [5.41, 5.74) is 4.66. The second kappa shape index (κ2) is 5.25. The van der Waals surface area contributed by atoms with Gasteiger partial charge in [-0.15, -0.1) is 4.68 Å². The zero-order chi connectivity index (χ0) is 13.9. The maximum atomic E-state index is 4.35. The molecule has 0 spiro atoms. The molecule has 0 radical (unpaired) electrons. The highest BCUT2D eigenvalue weighted by Crippen LogP contribution is 2.28. The van der Waals surface area contributed by atoms with E-state index in [1.165, 1.54) is 16.8 Å². The first-order chi connectivity index (χ1) is 9.81. The molecule has 2 heterocycles. The molecular formula is C16H17N4+. The van der Waals surface area contributed by atoms with Crippen LogP contribution in [0.25, 0.3) is 22.6 Å². The Hall–Kier alpha value is -2.49. The number of nitrogens with zero attached hydrogens (tertiary/aromatic N) is 3. The molecule has 2 aromatic heterocycles. The number of rotatable bonds is 3. The van der Waals surface area contributed by atoms with Gasteiger partial charge in [-0.05, 0) is 31.5 Å². The van der Waals surface area contributed by atoms with Crippen molar-refractivity contribution in [3.05, 3.63) is 54.5 Å². The van der Waals surface area contributed by atoms with Crippen molar-refractivity contribution in [2.45, 2.75) is 20.4 Å². The van der Waals surface area contributed by atoms with Crippen LogP contribution in [0.2, 0.25) is 0 Å². The van der Waals surface area contributed by atoms with Crippen molar-refractivity contribution >= 4 is 0 Å². The number of hydrogen-bond acceptors (Lipinski definition) is 2. The summed E-state index contributed by atoms with van der Waals surface area (Å²) in [7, 11) is 0. The van der Waals surface area contributed by atoms with Gasteiger partial charge in [-0.2, -0.15) is 5.10 Å². The third-order valence-corrected chi connectivity index (χ3v) is 3.50. The Morgan fingerprint density at radius 2 is 1.80 bits per heavy atom. The van der Waals surface area contributed by atoms with Gasteiger partial charge < -0.3 is 0 Å². The van der Waals surface area contributed by atoms with E-state index in [1.807, 2.05) is 12.3 Å². The molecule has 0 saturated heterocycles. The first-order valence-corrected chi connectivity index (χ1v) is 6.76. The summed E-state index contributed by atoms with van der Waals surface area (Å²) in [6.07, 6.45) is 5.51. The molecule has 0 unspecified atom stereocenters. The van der Waals surface area contributed by atoms with Crippen LogP contribution in [0, 0.1) is 6.92 Å². The molecule has 1 N–H and O–H groups in total. The molecule has 0 aliphatic carbocycles. The van der Waals surface area contributed by atoms with Gasteiger partial charge in [-0.3, -0.25) is 0 Å². The lowest BCUT2D eigenvalue weighted by Gasteiger charge is -2.07. The summed E-state index contributed by atoms with van der Waals surface area (Å²) in [5, 5.41) is 3.23. The quantitative estimate of drug-likeness (QED) is 0.740. The summed E-state index contributed by atoms with van der Waals surface area (Å²) in [6.45, 7) is 5.15. The summed E-state index contributed by atoms with van der Waals surface area (Å²) >= 11 is 0. The number of aromatic amines is 1. The molecule has 0 amide bonds. The standard InChI is InChI=1S/C16H16N4/c1-3-20-15(8-11-19-20)13-6-4-7-14(12(13)2)16-17-9-5-10-18-16/h4-11H,3H2,1-2H3/p+1. The van der Waals surface area contributed by atoms with Crippen LogP contribution in [0.5, 0.6) is 0 Å². The van der Waals surface area contributed by atoms with E-state index >= 15 is 0 Å². The minimum absolute atomic E-state index is 0.769. The molecule has 0 atom stereocenters. The molecule has 0 saturated carbocycles. The molecule has 1 aromatic carbocycles. The Morgan fingerprint density at radius 3 is 2.55 bits per heavy atom. The number of nitrogens with one attached hydrogen (secondary N) is 1. The van der Waals surface area contributed by atoms with Crippen LogP contribution in [0.3, 0.4) is 0 Å². The average Bonchev–Trinajstić information content (AvgIpc) is 2.96. The third-order valence-electron chi connectivity index (χ3n) is 3.50. The maximum Gasteiger partial charge on any atom is 0.238 e. The number of hydrogen-bond donors (Lipinski definition) is 1. The largest absolute Gasteiger partial charge is 0.238 e. The topological polar surface area (TPSA) is 45.5 Å². The molecule has 0 aliphatic heterocycles. The van der Waals surface area contributed by atoms with E-state index in [2.05, 4.69) is 57.9 Å². The minimum Gasteiger partial charge on any atom is -0.237 e. The maximum absolute atomic E-state index is 4.35. The Balaban J connectivity index is 2.16. The molecule has 0 bridgehead atoms. The molecule has 0 aliphatic rings. The summed E-state index contributed by atoms with van der Waals surface area (Å²) in [4.78, 5) is 8.70. The second-order valence-electron chi connectivity index (χ2n) is 4.64. The Labute approximate surface area is 118 Å². The van der Waals surface area contributed by atoms with Crippen molar-refractivity contribution in [3.8, 4) is 22.6 Å². The third kappa shape index (κ3) is 2.09. The molecule has 4 nitrogen and oxygen atoms in total. The van der Waals surface area contributed by atoms with Gasteiger partial charge in [0.1, 0.15) is 0 Å². The van der Waals surface area contributed by atoms with Crippen molar-refractivity contribution < 1.29 is 4.68 Å². The minimum atomic E-state index is 0.769. The zero-order valence-electron chi connectivity index (χ0n) is 11.7. The predicted octanol–water partition coefficient (Wildman–Crippen LogP) is 2.75. The molecule has 20 heavy (non-hydrogen) atoms. The smallest absolute Gasteiger partial charge is 0.237 e. The monoisotopic (exact) mass is 265 g/mol. The van der Waals surface area contributed by atoms with Gasteiger partial charge in [-0.1, -0.05) is 12.1 Å². The Morgan fingerprint density at radius 1 is 1.05 bits per heavy atom. The van der Waals surface area contributed by atoms with Gasteiger partial charge in [0.2, 0.25) is 5.69 Å². The van der Waals surface area contributed by atoms with Crippen LogP contribution < -0.4 is 4.68 Å². The van der Waals surface area contributed by atoms with Crippen LogP contribution >= 0.6 is 0 Å². The fourth-order valence-electron chi connectivity index (χ4n) is 2.46. The highest BCUT2D eigenvalue weighted by molar-refractivity contribution is 5.72. The first kappa shape index (κ1) is 12.5. The van der Waals surface area contributed by atoms with Crippen LogP contribution in [0.4, 0.5) is 0 Å². The lowest BCUT2D eigenvalue weighted by Crippen LogP contribution is -2.36. The predicted molar refractivity (Wildman–Crippen MR) is 77.9 cm³/mol. The van der Waals surface area contributed by atoms with Gasteiger partial charge in [0.25, 0.3) is 0 Å². The number of aromatic nitrogens is 4. The lowest BCUT2D eigenvalue weighted by atomic mass is 9.99. The van der Waals surface area contributed by atoms with E-state index in [4.69, 9.17) is 0 Å². The van der Waals surface area contributed by atoms with Gasteiger partial charge in [-0.25, -0.2) is 9.97 Å². The summed E-state index contributed by atoms with van der Waals surface area (Å²) in [5.74, 6) is 0.769. The summed E-state index contributed by atoms with van der Waals surface area (Å²) < 4.78 is 2.12. The Bertz CT molecular complexity index is 716. The van der Waals surface area contributed by atoms with Crippen LogP contribution in [0.1, 0.15) is 12.5 Å². The normalized spacial score (nSPS) is 10.7. The molecular weight excluding hydrogens is 248 g/mol. The van der Waals surface area contributed by atoms with E-state index in [0.29, 0.717) is 0 Å². The fraction of sp³-hybridized carbons (Fsp3) is 0.188. The number of aryl methyl sites for hydroxylation is 1. The molecule has 4 heteroatoms. The molecule has 0 fully saturated rings. The fourth-order valence-corrected chi connectivity index (χ4v) is 2.46. The molecule has 3 aromatic rings. The average molecular weight is 265 g/mol. The van der Waals surface area contributed by atoms with Gasteiger partial charge in [0.15, 0.2) is 12.4 Å². The van der Waals surface area contributed by atoms with Crippen molar-refractivity contribution in [1.82, 2.24) is 15.1 Å². The SMILES string of the molecule is CC[n+]1[nH]ccc1-c1cccc(-c2ncccn2)c1C. The van der Waals surface area contributed by atoms with E-state index in [0.717, 1.165) is 17.9 Å². The summed E-state index contributed by atoms with van der Waals surface area (Å²) in [6, 6.07) is 10.2. The van der Waals surface area contributed by atoms with Crippen molar-refractivity contribution in [2.24, 2.45) is 0 Å². The number of benzene rings is 1. The highest BCUT2D eigenvalue weighted by atomic mass is 15.3. The van der Waals surface area contributed by atoms with Crippen LogP contribution in [0.15, 0.2) is 48.9 Å². The van der Waals surface area contributed by atoms with Gasteiger partial charge >= 0.3 is 0 Å². The van der Waals surface area contributed by atoms with E-state index < -0.39 is 0 Å². The second-order valence-corrected chi connectivity index (χ2v) is 4.64. The zero-order valence-corrected chi connectivity index (χ0v) is 11.7. The van der Waals surface area contributed by atoms with Crippen molar-refractivity contribution in [1.29, 1.82) is 0 Å². The molecule has 3 rings (SSSR count). The van der Waals surface area contributed by atoms with Gasteiger partial charge in [0, 0.05) is 24.0 Å². The lowest BCUT2D eigenvalue weighted by molar-refractivity contribution is -0.737. The van der Waals surface area contributed by atoms with Gasteiger partial charge in [0.05, 0.1) is 11.8 Å². The van der Waals surface area contributed by atoms with Crippen molar-refractivity contribution in [2.75, 3.05) is 0 Å². The molecule has 100 valence electrons. The number of H-pyrrole nitrogens is 1.